The van der Waals surface area contributed by atoms with E-state index in [9.17, 15) is 14.0 Å². The average Bonchev–Trinajstić information content (AvgIpc) is 2.76. The van der Waals surface area contributed by atoms with Gasteiger partial charge in [0.1, 0.15) is 17.3 Å². The van der Waals surface area contributed by atoms with Gasteiger partial charge in [-0.3, -0.25) is 9.59 Å². The quantitative estimate of drug-likeness (QED) is 0.793. The molecule has 0 aliphatic heterocycles. The third kappa shape index (κ3) is 3.25. The van der Waals surface area contributed by atoms with Crippen LogP contribution in [0.15, 0.2) is 24.3 Å². The summed E-state index contributed by atoms with van der Waals surface area (Å²) in [5.41, 5.74) is 7.00. The number of benzene rings is 1. The molecule has 0 radical (unpaired) electrons. The van der Waals surface area contributed by atoms with Gasteiger partial charge in [0.05, 0.1) is 5.56 Å². The van der Waals surface area contributed by atoms with Crippen molar-refractivity contribution in [2.24, 2.45) is 0 Å². The van der Waals surface area contributed by atoms with Crippen LogP contribution in [0.5, 0.6) is 0 Å². The highest BCUT2D eigenvalue weighted by Crippen LogP contribution is 2.26. The molecular weight excluding hydrogens is 277 g/mol. The Hall–Kier alpha value is -2.70. The van der Waals surface area contributed by atoms with Gasteiger partial charge < -0.3 is 10.8 Å². The molecule has 0 saturated heterocycles. The van der Waals surface area contributed by atoms with Crippen molar-refractivity contribution in [3.63, 3.8) is 0 Å². The van der Waals surface area contributed by atoms with Crippen molar-refractivity contribution in [3.05, 3.63) is 35.6 Å². The number of rotatable bonds is 6. The summed E-state index contributed by atoms with van der Waals surface area (Å²) in [6.07, 6.45) is 0.929. The average molecular weight is 291 g/mol. The predicted molar refractivity (Wildman–Crippen MR) is 74.3 cm³/mol. The number of aryl methyl sites for hydroxylation is 1. The third-order valence-electron chi connectivity index (χ3n) is 3.03. The van der Waals surface area contributed by atoms with E-state index in [1.807, 2.05) is 0 Å². The molecule has 6 nitrogen and oxygen atoms in total. The Bertz CT molecular complexity index is 665. The van der Waals surface area contributed by atoms with Gasteiger partial charge in [0.2, 0.25) is 0 Å². The maximum atomic E-state index is 12.9. The van der Waals surface area contributed by atoms with Crippen molar-refractivity contribution >= 4 is 18.1 Å². The number of hydrogen-bond acceptors (Lipinski definition) is 4. The van der Waals surface area contributed by atoms with Crippen LogP contribution in [0.3, 0.4) is 0 Å². The zero-order chi connectivity index (χ0) is 15.4. The molecule has 1 aromatic heterocycles. The van der Waals surface area contributed by atoms with Crippen LogP contribution in [-0.2, 0) is 11.3 Å². The molecule has 110 valence electrons. The Morgan fingerprint density at radius 1 is 1.38 bits per heavy atom. The van der Waals surface area contributed by atoms with E-state index in [-0.39, 0.29) is 23.6 Å². The number of aliphatic carboxylic acids is 1. The maximum absolute atomic E-state index is 12.9. The van der Waals surface area contributed by atoms with Crippen LogP contribution in [0, 0.1) is 5.82 Å². The first-order valence-electron chi connectivity index (χ1n) is 6.32. The summed E-state index contributed by atoms with van der Waals surface area (Å²) in [6, 6.07) is 5.55. The summed E-state index contributed by atoms with van der Waals surface area (Å²) in [7, 11) is 0. The van der Waals surface area contributed by atoms with Crippen LogP contribution >= 0.6 is 0 Å². The van der Waals surface area contributed by atoms with Crippen LogP contribution in [-0.4, -0.2) is 27.1 Å². The van der Waals surface area contributed by atoms with Crippen molar-refractivity contribution in [1.82, 2.24) is 9.78 Å². The standard InChI is InChI=1S/C14H14FN3O3/c15-10-5-3-9(4-6-10)13-11(8-19)14(16)18(17-13)7-1-2-12(20)21/h3-6,8H,1-2,7,16H2,(H,20,21). The van der Waals surface area contributed by atoms with E-state index < -0.39 is 5.97 Å². The minimum absolute atomic E-state index is 0.0123. The first-order valence-corrected chi connectivity index (χ1v) is 6.32. The molecule has 1 aromatic carbocycles. The van der Waals surface area contributed by atoms with Gasteiger partial charge in [0, 0.05) is 18.5 Å². The summed E-state index contributed by atoms with van der Waals surface area (Å²) in [5, 5.41) is 12.8. The molecule has 0 spiro atoms. The summed E-state index contributed by atoms with van der Waals surface area (Å²) >= 11 is 0. The second-order valence-electron chi connectivity index (χ2n) is 4.49. The number of aldehydes is 1. The molecular formula is C14H14FN3O3. The lowest BCUT2D eigenvalue weighted by atomic mass is 10.1. The topological polar surface area (TPSA) is 98.2 Å². The zero-order valence-corrected chi connectivity index (χ0v) is 11.1. The van der Waals surface area contributed by atoms with Gasteiger partial charge in [0.15, 0.2) is 6.29 Å². The Labute approximate surface area is 120 Å². The number of nitrogen functional groups attached to an aromatic ring is 1. The van der Waals surface area contributed by atoms with Crippen LogP contribution in [0.25, 0.3) is 11.3 Å². The number of carboxylic acid groups (broad SMARTS) is 1. The van der Waals surface area contributed by atoms with Gasteiger partial charge in [-0.05, 0) is 30.7 Å². The van der Waals surface area contributed by atoms with Crippen LogP contribution in [0.2, 0.25) is 0 Å². The van der Waals surface area contributed by atoms with Gasteiger partial charge in [-0.25, -0.2) is 9.07 Å². The Morgan fingerprint density at radius 3 is 2.62 bits per heavy atom. The second-order valence-corrected chi connectivity index (χ2v) is 4.49. The molecule has 21 heavy (non-hydrogen) atoms. The summed E-state index contributed by atoms with van der Waals surface area (Å²) in [4.78, 5) is 21.7. The lowest BCUT2D eigenvalue weighted by Gasteiger charge is -2.01. The van der Waals surface area contributed by atoms with Crippen LogP contribution in [0.4, 0.5) is 10.2 Å². The summed E-state index contributed by atoms with van der Waals surface area (Å²) < 4.78 is 14.3. The number of aromatic nitrogens is 2. The molecule has 0 aliphatic carbocycles. The minimum atomic E-state index is -0.907. The molecule has 2 rings (SSSR count). The van der Waals surface area contributed by atoms with E-state index in [0.717, 1.165) is 0 Å². The molecule has 0 aliphatic rings. The smallest absolute Gasteiger partial charge is 0.303 e. The van der Waals surface area contributed by atoms with E-state index in [2.05, 4.69) is 5.10 Å². The van der Waals surface area contributed by atoms with Gasteiger partial charge in [-0.1, -0.05) is 0 Å². The summed E-state index contributed by atoms with van der Waals surface area (Å²) in [5.74, 6) is -1.12. The first kappa shape index (κ1) is 14.7. The van der Waals surface area contributed by atoms with E-state index in [0.29, 0.717) is 30.5 Å². The molecule has 0 amide bonds. The van der Waals surface area contributed by atoms with Crippen molar-refractivity contribution in [1.29, 1.82) is 0 Å². The third-order valence-corrected chi connectivity index (χ3v) is 3.03. The number of nitrogens with zero attached hydrogens (tertiary/aromatic N) is 2. The van der Waals surface area contributed by atoms with Gasteiger partial charge >= 0.3 is 5.97 Å². The number of halogens is 1. The Morgan fingerprint density at radius 2 is 2.05 bits per heavy atom. The molecule has 3 N–H and O–H groups in total. The molecule has 0 bridgehead atoms. The van der Waals surface area contributed by atoms with Crippen molar-refractivity contribution in [2.45, 2.75) is 19.4 Å². The number of carbonyl (C=O) groups is 2. The minimum Gasteiger partial charge on any atom is -0.481 e. The number of carbonyl (C=O) groups excluding carboxylic acids is 1. The van der Waals surface area contributed by atoms with Gasteiger partial charge in [-0.15, -0.1) is 0 Å². The van der Waals surface area contributed by atoms with Crippen LogP contribution in [0.1, 0.15) is 23.2 Å². The van der Waals surface area contributed by atoms with Crippen LogP contribution < -0.4 is 5.73 Å². The SMILES string of the molecule is Nc1c(C=O)c(-c2ccc(F)cc2)nn1CCCC(=O)O. The normalized spacial score (nSPS) is 10.5. The number of nitrogens with two attached hydrogens (primary N) is 1. The Kier molecular flexibility index (Phi) is 4.32. The van der Waals surface area contributed by atoms with E-state index in [4.69, 9.17) is 10.8 Å². The molecule has 2 aromatic rings. The molecule has 0 unspecified atom stereocenters. The fourth-order valence-electron chi connectivity index (χ4n) is 1.98. The highest BCUT2D eigenvalue weighted by molar-refractivity contribution is 5.91. The van der Waals surface area contributed by atoms with Crippen molar-refractivity contribution < 1.29 is 19.1 Å². The first-order chi connectivity index (χ1) is 10.0. The highest BCUT2D eigenvalue weighted by Gasteiger charge is 2.16. The van der Waals surface area contributed by atoms with E-state index >= 15 is 0 Å². The van der Waals surface area contributed by atoms with E-state index in [1.165, 1.54) is 28.9 Å². The fraction of sp³-hybridized carbons (Fsp3) is 0.214. The monoisotopic (exact) mass is 291 g/mol. The summed E-state index contributed by atoms with van der Waals surface area (Å²) in [6.45, 7) is 0.292. The molecule has 7 heteroatoms. The largest absolute Gasteiger partial charge is 0.481 e. The molecule has 0 fully saturated rings. The molecule has 0 atom stereocenters. The van der Waals surface area contributed by atoms with Gasteiger partial charge in [-0.2, -0.15) is 5.10 Å². The molecule has 1 heterocycles. The number of hydrogen-bond donors (Lipinski definition) is 2. The molecule has 0 saturated carbocycles. The van der Waals surface area contributed by atoms with Crippen molar-refractivity contribution in [3.8, 4) is 11.3 Å². The maximum Gasteiger partial charge on any atom is 0.303 e. The van der Waals surface area contributed by atoms with E-state index in [1.54, 1.807) is 0 Å². The second kappa shape index (κ2) is 6.17. The highest BCUT2D eigenvalue weighted by atomic mass is 19.1. The Balaban J connectivity index is 2.31. The lowest BCUT2D eigenvalue weighted by molar-refractivity contribution is -0.137. The predicted octanol–water partition coefficient (Wildman–Crippen LogP) is 1.95. The lowest BCUT2D eigenvalue weighted by Crippen LogP contribution is -2.07. The zero-order valence-electron chi connectivity index (χ0n) is 11.1. The number of anilines is 1. The van der Waals surface area contributed by atoms with Gasteiger partial charge in [0.25, 0.3) is 0 Å². The fourth-order valence-corrected chi connectivity index (χ4v) is 1.98. The number of carboxylic acids is 1. The van der Waals surface area contributed by atoms with Crippen molar-refractivity contribution in [2.75, 3.05) is 5.73 Å².